The molecule has 0 N–H and O–H groups in total. The highest BCUT2D eigenvalue weighted by molar-refractivity contribution is 6.33. The average Bonchev–Trinajstić information content (AvgIpc) is 2.29. The zero-order chi connectivity index (χ0) is 12.1. The molecule has 1 aromatic carbocycles. The standard InChI is InChI=1S/C13H12Cl2N2/c14-11-9-12(15)17-13(16-11)8-4-7-10-5-2-1-3-6-10/h1-3,5-6,9H,4,7-8H2. The molecule has 0 aliphatic carbocycles. The molecule has 0 radical (unpaired) electrons. The fraction of sp³-hybridized carbons (Fsp3) is 0.231. The number of halogens is 2. The summed E-state index contributed by atoms with van der Waals surface area (Å²) in [6.45, 7) is 0. The summed E-state index contributed by atoms with van der Waals surface area (Å²) >= 11 is 11.6. The van der Waals surface area contributed by atoms with E-state index in [1.54, 1.807) is 6.07 Å². The van der Waals surface area contributed by atoms with E-state index in [4.69, 9.17) is 23.2 Å². The quantitative estimate of drug-likeness (QED) is 0.783. The van der Waals surface area contributed by atoms with Crippen LogP contribution < -0.4 is 0 Å². The Labute approximate surface area is 111 Å². The summed E-state index contributed by atoms with van der Waals surface area (Å²) in [5.41, 5.74) is 1.32. The first-order chi connectivity index (χ1) is 8.24. The minimum atomic E-state index is 0.403. The Morgan fingerprint density at radius 3 is 2.18 bits per heavy atom. The second kappa shape index (κ2) is 5.99. The lowest BCUT2D eigenvalue weighted by molar-refractivity contribution is 0.771. The second-order valence-corrected chi connectivity index (χ2v) is 4.54. The molecule has 0 bridgehead atoms. The molecule has 4 heteroatoms. The third kappa shape index (κ3) is 3.99. The van der Waals surface area contributed by atoms with Crippen molar-refractivity contribution in [3.05, 3.63) is 58.1 Å². The van der Waals surface area contributed by atoms with Gasteiger partial charge in [0.05, 0.1) is 0 Å². The van der Waals surface area contributed by atoms with Crippen molar-refractivity contribution in [2.75, 3.05) is 0 Å². The van der Waals surface area contributed by atoms with Crippen molar-refractivity contribution in [3.63, 3.8) is 0 Å². The van der Waals surface area contributed by atoms with Crippen molar-refractivity contribution in [2.24, 2.45) is 0 Å². The molecule has 0 aliphatic heterocycles. The Morgan fingerprint density at radius 2 is 1.53 bits per heavy atom. The van der Waals surface area contributed by atoms with Crippen molar-refractivity contribution < 1.29 is 0 Å². The van der Waals surface area contributed by atoms with Crippen LogP contribution in [-0.4, -0.2) is 9.97 Å². The molecule has 88 valence electrons. The fourth-order valence-electron chi connectivity index (χ4n) is 1.64. The maximum Gasteiger partial charge on any atom is 0.134 e. The summed E-state index contributed by atoms with van der Waals surface area (Å²) in [4.78, 5) is 8.27. The van der Waals surface area contributed by atoms with Gasteiger partial charge in [-0.15, -0.1) is 0 Å². The van der Waals surface area contributed by atoms with Crippen molar-refractivity contribution >= 4 is 23.2 Å². The van der Waals surface area contributed by atoms with Crippen LogP contribution in [0.5, 0.6) is 0 Å². The van der Waals surface area contributed by atoms with Gasteiger partial charge in [-0.3, -0.25) is 0 Å². The second-order valence-electron chi connectivity index (χ2n) is 3.77. The summed E-state index contributed by atoms with van der Waals surface area (Å²) in [7, 11) is 0. The van der Waals surface area contributed by atoms with E-state index in [1.807, 2.05) is 18.2 Å². The lowest BCUT2D eigenvalue weighted by Gasteiger charge is -2.02. The number of benzene rings is 1. The van der Waals surface area contributed by atoms with Crippen LogP contribution in [0, 0.1) is 0 Å². The monoisotopic (exact) mass is 266 g/mol. The van der Waals surface area contributed by atoms with Crippen LogP contribution in [0.15, 0.2) is 36.4 Å². The van der Waals surface area contributed by atoms with Gasteiger partial charge in [0.15, 0.2) is 0 Å². The molecule has 0 amide bonds. The molecule has 0 atom stereocenters. The number of aromatic nitrogens is 2. The molecule has 1 aromatic heterocycles. The largest absolute Gasteiger partial charge is 0.221 e. The first kappa shape index (κ1) is 12.3. The van der Waals surface area contributed by atoms with Crippen LogP contribution in [0.3, 0.4) is 0 Å². The Kier molecular flexibility index (Phi) is 4.35. The molecule has 2 aromatic rings. The topological polar surface area (TPSA) is 25.8 Å². The highest BCUT2D eigenvalue weighted by Gasteiger charge is 2.02. The molecule has 0 fully saturated rings. The van der Waals surface area contributed by atoms with E-state index in [-0.39, 0.29) is 0 Å². The molecule has 2 nitrogen and oxygen atoms in total. The van der Waals surface area contributed by atoms with Gasteiger partial charge in [0.1, 0.15) is 16.1 Å². The molecular weight excluding hydrogens is 255 g/mol. The Morgan fingerprint density at radius 1 is 0.882 bits per heavy atom. The van der Waals surface area contributed by atoms with Crippen LogP contribution >= 0.6 is 23.2 Å². The van der Waals surface area contributed by atoms with Crippen molar-refractivity contribution in [1.29, 1.82) is 0 Å². The van der Waals surface area contributed by atoms with Crippen molar-refractivity contribution in [2.45, 2.75) is 19.3 Å². The van der Waals surface area contributed by atoms with E-state index >= 15 is 0 Å². The lowest BCUT2D eigenvalue weighted by Crippen LogP contribution is -1.97. The van der Waals surface area contributed by atoms with Gasteiger partial charge in [-0.05, 0) is 18.4 Å². The minimum Gasteiger partial charge on any atom is -0.221 e. The molecule has 0 saturated heterocycles. The minimum absolute atomic E-state index is 0.403. The van der Waals surface area contributed by atoms with Gasteiger partial charge < -0.3 is 0 Å². The predicted octanol–water partition coefficient (Wildman–Crippen LogP) is 3.96. The van der Waals surface area contributed by atoms with Crippen molar-refractivity contribution in [1.82, 2.24) is 9.97 Å². The smallest absolute Gasteiger partial charge is 0.134 e. The predicted molar refractivity (Wildman–Crippen MR) is 70.5 cm³/mol. The van der Waals surface area contributed by atoms with E-state index in [9.17, 15) is 0 Å². The van der Waals surface area contributed by atoms with Gasteiger partial charge in [0.2, 0.25) is 0 Å². The van der Waals surface area contributed by atoms with Gasteiger partial charge in [0.25, 0.3) is 0 Å². The van der Waals surface area contributed by atoms with E-state index in [0.29, 0.717) is 16.1 Å². The summed E-state index contributed by atoms with van der Waals surface area (Å²) < 4.78 is 0. The van der Waals surface area contributed by atoms with Gasteiger partial charge >= 0.3 is 0 Å². The number of hydrogen-bond acceptors (Lipinski definition) is 2. The molecule has 17 heavy (non-hydrogen) atoms. The molecule has 2 rings (SSSR count). The van der Waals surface area contributed by atoms with E-state index in [2.05, 4.69) is 22.1 Å². The van der Waals surface area contributed by atoms with Gasteiger partial charge in [-0.1, -0.05) is 53.5 Å². The normalized spacial score (nSPS) is 10.5. The van der Waals surface area contributed by atoms with Crippen LogP contribution in [0.25, 0.3) is 0 Å². The van der Waals surface area contributed by atoms with E-state index < -0.39 is 0 Å². The summed E-state index contributed by atoms with van der Waals surface area (Å²) in [5, 5.41) is 0.805. The lowest BCUT2D eigenvalue weighted by atomic mass is 10.1. The van der Waals surface area contributed by atoms with Crippen LogP contribution in [-0.2, 0) is 12.8 Å². The van der Waals surface area contributed by atoms with Crippen LogP contribution in [0.1, 0.15) is 17.8 Å². The summed E-state index contributed by atoms with van der Waals surface area (Å²) in [5.74, 6) is 0.707. The van der Waals surface area contributed by atoms with Gasteiger partial charge in [-0.2, -0.15) is 0 Å². The maximum absolute atomic E-state index is 5.81. The third-order valence-corrected chi connectivity index (χ3v) is 2.81. The first-order valence-electron chi connectivity index (χ1n) is 5.47. The summed E-state index contributed by atoms with van der Waals surface area (Å²) in [6.07, 6.45) is 2.78. The molecule has 0 spiro atoms. The first-order valence-corrected chi connectivity index (χ1v) is 6.22. The Hall–Kier alpha value is -1.12. The van der Waals surface area contributed by atoms with Crippen molar-refractivity contribution in [3.8, 4) is 0 Å². The zero-order valence-corrected chi connectivity index (χ0v) is 10.7. The molecule has 0 saturated carbocycles. The SMILES string of the molecule is Clc1cc(Cl)nc(CCCc2ccccc2)n1. The van der Waals surface area contributed by atoms with E-state index in [0.717, 1.165) is 19.3 Å². The molecular formula is C13H12Cl2N2. The zero-order valence-electron chi connectivity index (χ0n) is 9.24. The Bertz CT molecular complexity index is 466. The van der Waals surface area contributed by atoms with Crippen LogP contribution in [0.2, 0.25) is 10.3 Å². The number of hydrogen-bond donors (Lipinski definition) is 0. The maximum atomic E-state index is 5.81. The number of aryl methyl sites for hydroxylation is 2. The van der Waals surface area contributed by atoms with E-state index in [1.165, 1.54) is 5.56 Å². The highest BCUT2D eigenvalue weighted by Crippen LogP contribution is 2.13. The Balaban J connectivity index is 1.90. The van der Waals surface area contributed by atoms with Crippen LogP contribution in [0.4, 0.5) is 0 Å². The number of nitrogens with zero attached hydrogens (tertiary/aromatic N) is 2. The summed E-state index contributed by atoms with van der Waals surface area (Å²) in [6, 6.07) is 11.9. The molecule has 1 heterocycles. The number of rotatable bonds is 4. The van der Waals surface area contributed by atoms with Gasteiger partial charge in [-0.25, -0.2) is 9.97 Å². The highest BCUT2D eigenvalue weighted by atomic mass is 35.5. The fourth-order valence-corrected chi connectivity index (χ4v) is 2.10. The van der Waals surface area contributed by atoms with Gasteiger partial charge in [0, 0.05) is 12.5 Å². The molecule has 0 aliphatic rings. The average molecular weight is 267 g/mol. The third-order valence-electron chi connectivity index (χ3n) is 2.42. The molecule has 0 unspecified atom stereocenters.